The van der Waals surface area contributed by atoms with Crippen molar-refractivity contribution in [1.82, 2.24) is 0 Å². The topological polar surface area (TPSA) is 132 Å². The van der Waals surface area contributed by atoms with Crippen LogP contribution in [0.2, 0.25) is 0 Å². The van der Waals surface area contributed by atoms with Crippen molar-refractivity contribution in [1.29, 1.82) is 0 Å². The first-order valence-electron chi connectivity index (χ1n) is 3.71. The van der Waals surface area contributed by atoms with Gasteiger partial charge in [0.15, 0.2) is 0 Å². The third-order valence-electron chi connectivity index (χ3n) is 1.51. The van der Waals surface area contributed by atoms with E-state index in [1.807, 2.05) is 0 Å². The fourth-order valence-electron chi connectivity index (χ4n) is 0.878. The third kappa shape index (κ3) is 21.4. The zero-order chi connectivity index (χ0) is 11.4. The Morgan fingerprint density at radius 1 is 1.00 bits per heavy atom. The predicted octanol–water partition coefficient (Wildman–Crippen LogP) is -1.79. The van der Waals surface area contributed by atoms with Gasteiger partial charge in [-0.05, 0) is 6.42 Å². The molecule has 0 bridgehead atoms. The molecule has 0 aromatic carbocycles. The molecular weight excluding hydrogens is 307 g/mol. The molecule has 4 radical (unpaired) electrons. The van der Waals surface area contributed by atoms with E-state index in [0.717, 1.165) is 0 Å². The van der Waals surface area contributed by atoms with Gasteiger partial charge in [-0.15, -0.1) is 0 Å². The first-order valence-corrected chi connectivity index (χ1v) is 5.51. The molecule has 1 unspecified atom stereocenters. The molecule has 0 aromatic heterocycles. The maximum Gasteiger partial charge on any atom is 0.326 e. The maximum absolute atomic E-state index is 10.5. The van der Waals surface area contributed by atoms with Gasteiger partial charge in [0.1, 0.15) is 0 Å². The Labute approximate surface area is 193 Å². The number of rotatable bonds is 6. The molecule has 0 saturated heterocycles. The van der Waals surface area contributed by atoms with Gasteiger partial charge in [0, 0.05) is 125 Å². The molecule has 86 valence electrons. The molecule has 0 amide bonds. The van der Waals surface area contributed by atoms with E-state index >= 15 is 0 Å². The van der Waals surface area contributed by atoms with Gasteiger partial charge in [0.2, 0.25) is 0 Å². The standard InChI is InChI=1S/C6H11O7P.4Na/c7-5(8)2-1-4(6(9)10)3-14(11,12)13;;;;/h4H,1-3H2,(H,7,8)(H,9,10)(H2,11,12,13);;;;. The van der Waals surface area contributed by atoms with Gasteiger partial charge in [0.05, 0.1) is 12.1 Å². The number of aliphatic carboxylic acids is 2. The molecule has 0 heterocycles. The van der Waals surface area contributed by atoms with E-state index in [1.54, 1.807) is 0 Å². The minimum absolute atomic E-state index is 0. The van der Waals surface area contributed by atoms with E-state index in [0.29, 0.717) is 0 Å². The quantitative estimate of drug-likeness (QED) is 0.336. The van der Waals surface area contributed by atoms with Crippen molar-refractivity contribution in [3.05, 3.63) is 0 Å². The smallest absolute Gasteiger partial charge is 0.326 e. The SMILES string of the molecule is O=C(O)CCC(CP(=O)(O)O)C(=O)O.[Na].[Na].[Na].[Na]. The number of hydrogen-bond donors (Lipinski definition) is 4. The summed E-state index contributed by atoms with van der Waals surface area (Å²) < 4.78 is 10.5. The molecule has 4 N–H and O–H groups in total. The van der Waals surface area contributed by atoms with E-state index in [1.165, 1.54) is 0 Å². The second-order valence-corrected chi connectivity index (χ2v) is 4.51. The summed E-state index contributed by atoms with van der Waals surface area (Å²) in [6.45, 7) is 0. The zero-order valence-corrected chi connectivity index (χ0v) is 20.1. The third-order valence-corrected chi connectivity index (χ3v) is 2.43. The van der Waals surface area contributed by atoms with Crippen molar-refractivity contribution in [2.75, 3.05) is 6.16 Å². The number of carbonyl (C=O) groups is 2. The van der Waals surface area contributed by atoms with E-state index in [2.05, 4.69) is 0 Å². The Bertz CT molecular complexity index is 281. The molecule has 0 saturated carbocycles. The van der Waals surface area contributed by atoms with Crippen LogP contribution in [0.3, 0.4) is 0 Å². The minimum Gasteiger partial charge on any atom is -0.481 e. The van der Waals surface area contributed by atoms with Crippen LogP contribution in [-0.2, 0) is 14.2 Å². The predicted molar refractivity (Wildman–Crippen MR) is 67.9 cm³/mol. The molecule has 0 spiro atoms. The van der Waals surface area contributed by atoms with E-state index in [9.17, 15) is 14.2 Å². The maximum atomic E-state index is 10.5. The average molecular weight is 318 g/mol. The second-order valence-electron chi connectivity index (χ2n) is 2.81. The van der Waals surface area contributed by atoms with Gasteiger partial charge >= 0.3 is 19.5 Å². The molecule has 18 heavy (non-hydrogen) atoms. The summed E-state index contributed by atoms with van der Waals surface area (Å²) >= 11 is 0. The largest absolute Gasteiger partial charge is 0.481 e. The normalized spacial score (nSPS) is 10.6. The molecular formula is C6H11Na4O7P. The van der Waals surface area contributed by atoms with Crippen molar-refractivity contribution >= 4 is 138 Å². The summed E-state index contributed by atoms with van der Waals surface area (Å²) in [6, 6.07) is 0. The van der Waals surface area contributed by atoms with E-state index in [-0.39, 0.29) is 125 Å². The van der Waals surface area contributed by atoms with Crippen molar-refractivity contribution < 1.29 is 34.2 Å². The second kappa shape index (κ2) is 16.5. The molecule has 0 aliphatic carbocycles. The fraction of sp³-hybridized carbons (Fsp3) is 0.667. The summed E-state index contributed by atoms with van der Waals surface area (Å²) in [5.74, 6) is -3.90. The molecule has 1 atom stereocenters. The Morgan fingerprint density at radius 3 is 1.61 bits per heavy atom. The summed E-state index contributed by atoms with van der Waals surface area (Å²) in [7, 11) is -4.41. The molecule has 0 aromatic rings. The van der Waals surface area contributed by atoms with Crippen LogP contribution in [0.25, 0.3) is 0 Å². The van der Waals surface area contributed by atoms with Crippen LogP contribution in [0, 0.1) is 5.92 Å². The summed E-state index contributed by atoms with van der Waals surface area (Å²) in [5, 5.41) is 16.8. The Kier molecular flexibility index (Phi) is 30.1. The van der Waals surface area contributed by atoms with Crippen LogP contribution in [0.15, 0.2) is 0 Å². The first-order chi connectivity index (χ1) is 6.22. The number of carboxylic acids is 2. The summed E-state index contributed by atoms with van der Waals surface area (Å²) in [4.78, 5) is 37.6. The van der Waals surface area contributed by atoms with Gasteiger partial charge in [0.25, 0.3) is 0 Å². The first kappa shape index (κ1) is 32.9. The zero-order valence-electron chi connectivity index (χ0n) is 11.2. The van der Waals surface area contributed by atoms with E-state index < -0.39 is 38.0 Å². The Hall–Kier alpha value is 3.09. The molecule has 7 nitrogen and oxygen atoms in total. The van der Waals surface area contributed by atoms with Gasteiger partial charge in [-0.2, -0.15) is 0 Å². The van der Waals surface area contributed by atoms with Gasteiger partial charge in [-0.1, -0.05) is 0 Å². The van der Waals surface area contributed by atoms with Crippen LogP contribution >= 0.6 is 7.60 Å². The van der Waals surface area contributed by atoms with Crippen molar-refractivity contribution in [3.8, 4) is 0 Å². The number of carboxylic acid groups (broad SMARTS) is 2. The molecule has 12 heteroatoms. The van der Waals surface area contributed by atoms with Crippen LogP contribution < -0.4 is 0 Å². The van der Waals surface area contributed by atoms with E-state index in [4.69, 9.17) is 20.0 Å². The molecule has 0 aliphatic heterocycles. The Balaban J connectivity index is -0.000000141. The average Bonchev–Trinajstić information content (AvgIpc) is 1.94. The van der Waals surface area contributed by atoms with Gasteiger partial charge in [-0.25, -0.2) is 0 Å². The van der Waals surface area contributed by atoms with Crippen molar-refractivity contribution in [2.24, 2.45) is 5.92 Å². The van der Waals surface area contributed by atoms with Gasteiger partial charge < -0.3 is 20.0 Å². The molecule has 0 fully saturated rings. The molecule has 0 aliphatic rings. The van der Waals surface area contributed by atoms with Crippen LogP contribution in [0.5, 0.6) is 0 Å². The monoisotopic (exact) mass is 318 g/mol. The Morgan fingerprint density at radius 2 is 1.39 bits per heavy atom. The number of hydrogen-bond acceptors (Lipinski definition) is 3. The van der Waals surface area contributed by atoms with Gasteiger partial charge in [-0.3, -0.25) is 14.2 Å². The molecule has 0 rings (SSSR count). The fourth-order valence-corrected chi connectivity index (χ4v) is 1.79. The van der Waals surface area contributed by atoms with Crippen LogP contribution in [0.1, 0.15) is 12.8 Å². The van der Waals surface area contributed by atoms with Crippen LogP contribution in [0.4, 0.5) is 0 Å². The van der Waals surface area contributed by atoms with Crippen molar-refractivity contribution in [3.63, 3.8) is 0 Å². The van der Waals surface area contributed by atoms with Crippen LogP contribution in [-0.4, -0.2) is 156 Å². The summed E-state index contributed by atoms with van der Waals surface area (Å²) in [6.07, 6.45) is -1.53. The minimum atomic E-state index is -4.41. The summed E-state index contributed by atoms with van der Waals surface area (Å²) in [5.41, 5.74) is 0. The van der Waals surface area contributed by atoms with Crippen molar-refractivity contribution in [2.45, 2.75) is 12.8 Å².